The zero-order valence-electron chi connectivity index (χ0n) is 23.4. The van der Waals surface area contributed by atoms with Crippen LogP contribution in [-0.4, -0.2) is 50.2 Å². The molecule has 1 aliphatic heterocycles. The molecule has 5 aromatic rings. The van der Waals surface area contributed by atoms with Gasteiger partial charge in [0, 0.05) is 37.0 Å². The second kappa shape index (κ2) is 14.3. The smallest absolute Gasteiger partial charge is 0.419 e. The van der Waals surface area contributed by atoms with Crippen LogP contribution in [0.2, 0.25) is 0 Å². The number of fused-ring (bicyclic) bond motifs is 1. The number of H-pyrrole nitrogens is 2. The molecule has 0 radical (unpaired) electrons. The number of carbonyl (C=O) groups is 1. The molecule has 3 N–H and O–H groups in total. The average molecular weight is 674 g/mol. The number of alkyl halides is 3. The van der Waals surface area contributed by atoms with E-state index in [2.05, 4.69) is 19.9 Å². The van der Waals surface area contributed by atoms with Gasteiger partial charge in [-0.05, 0) is 42.5 Å². The zero-order valence-corrected chi connectivity index (χ0v) is 25.9. The van der Waals surface area contributed by atoms with Gasteiger partial charge in [0.25, 0.3) is 5.56 Å². The van der Waals surface area contributed by atoms with Crippen LogP contribution in [0.15, 0.2) is 82.6 Å². The first-order valence-electron chi connectivity index (χ1n) is 13.6. The third-order valence-corrected chi connectivity index (χ3v) is 9.00. The van der Waals surface area contributed by atoms with E-state index in [0.717, 1.165) is 15.6 Å². The van der Waals surface area contributed by atoms with Crippen LogP contribution in [0.1, 0.15) is 34.6 Å². The van der Waals surface area contributed by atoms with E-state index >= 15 is 0 Å². The SMILES string of the molecule is O=C(O)c1cccc(SCc2nc3nc(N4CCC(Oc5ccccc5C(F)(F)F)CC4)sc3c(=O)[nH]2)c1.S=c1cccc[nH]1. The first kappa shape index (κ1) is 32.2. The molecule has 4 heterocycles. The number of hydrogen-bond acceptors (Lipinski definition) is 9. The number of anilines is 1. The van der Waals surface area contributed by atoms with Crippen molar-refractivity contribution in [3.8, 4) is 5.75 Å². The number of nitrogens with one attached hydrogen (secondary N) is 2. The summed E-state index contributed by atoms with van der Waals surface area (Å²) in [6.07, 6.45) is -2.04. The number of aromatic nitrogens is 4. The van der Waals surface area contributed by atoms with Crippen molar-refractivity contribution in [2.24, 2.45) is 0 Å². The van der Waals surface area contributed by atoms with Crippen LogP contribution in [0, 0.1) is 4.64 Å². The third-order valence-electron chi connectivity index (χ3n) is 6.64. The Balaban J connectivity index is 0.000000505. The van der Waals surface area contributed by atoms with Gasteiger partial charge in [-0.2, -0.15) is 18.2 Å². The Hall–Kier alpha value is -4.21. The molecule has 9 nitrogen and oxygen atoms in total. The van der Waals surface area contributed by atoms with Gasteiger partial charge in [0.15, 0.2) is 10.8 Å². The minimum absolute atomic E-state index is 0.172. The summed E-state index contributed by atoms with van der Waals surface area (Å²) < 4.78 is 46.7. The van der Waals surface area contributed by atoms with E-state index in [-0.39, 0.29) is 23.0 Å². The molecule has 0 aliphatic carbocycles. The molecule has 45 heavy (non-hydrogen) atoms. The van der Waals surface area contributed by atoms with Crippen molar-refractivity contribution in [1.29, 1.82) is 0 Å². The standard InChI is InChI=1S/C25H21F3N4O4S2.C5H5NS/c26-25(27,28)17-6-1-2-7-18(17)36-15-8-10-32(11-9-15)24-31-21-20(38-24)22(33)30-19(29-21)13-37-16-5-3-4-14(12-16)23(34)35;7-5-3-1-2-4-6-5/h1-7,12,15H,8-11,13H2,(H,34,35)(H,29,30,33);1-4H,(H,6,7). The van der Waals surface area contributed by atoms with E-state index < -0.39 is 17.7 Å². The normalized spacial score (nSPS) is 13.7. The second-order valence-electron chi connectivity index (χ2n) is 9.81. The van der Waals surface area contributed by atoms with E-state index in [1.807, 2.05) is 29.3 Å². The number of thioether (sulfide) groups is 1. The minimum Gasteiger partial charge on any atom is -0.490 e. The Morgan fingerprint density at radius 3 is 2.51 bits per heavy atom. The summed E-state index contributed by atoms with van der Waals surface area (Å²) in [4.78, 5) is 41.2. The number of rotatable bonds is 7. The molecule has 0 spiro atoms. The fraction of sp³-hybridized carbons (Fsp3) is 0.233. The number of aromatic carboxylic acids is 1. The van der Waals surface area contributed by atoms with Crippen LogP contribution < -0.4 is 15.2 Å². The van der Waals surface area contributed by atoms with Crippen LogP contribution >= 0.6 is 35.3 Å². The van der Waals surface area contributed by atoms with Crippen molar-refractivity contribution in [3.05, 3.63) is 105 Å². The molecule has 1 fully saturated rings. The van der Waals surface area contributed by atoms with Gasteiger partial charge in [0.2, 0.25) is 0 Å². The molecule has 6 rings (SSSR count). The highest BCUT2D eigenvalue weighted by atomic mass is 32.2. The number of hydrogen-bond donors (Lipinski definition) is 3. The fourth-order valence-corrected chi connectivity index (χ4v) is 6.39. The summed E-state index contributed by atoms with van der Waals surface area (Å²) in [5.41, 5.74) is -0.603. The van der Waals surface area contributed by atoms with Gasteiger partial charge in [0.05, 0.1) is 16.9 Å². The average Bonchev–Trinajstić information content (AvgIpc) is 3.46. The number of aromatic amines is 2. The van der Waals surface area contributed by atoms with Crippen LogP contribution in [0.4, 0.5) is 18.3 Å². The van der Waals surface area contributed by atoms with Gasteiger partial charge in [-0.15, -0.1) is 11.8 Å². The van der Waals surface area contributed by atoms with Crippen molar-refractivity contribution in [1.82, 2.24) is 19.9 Å². The number of halogens is 3. The maximum atomic E-state index is 13.3. The first-order chi connectivity index (χ1) is 21.6. The monoisotopic (exact) mass is 673 g/mol. The fourth-order valence-electron chi connectivity index (χ4n) is 4.47. The summed E-state index contributed by atoms with van der Waals surface area (Å²) in [6.45, 7) is 1.03. The molecular weight excluding hydrogens is 648 g/mol. The van der Waals surface area contributed by atoms with Crippen molar-refractivity contribution in [2.45, 2.75) is 35.8 Å². The number of thiazole rings is 1. The van der Waals surface area contributed by atoms with Crippen LogP contribution in [0.5, 0.6) is 5.75 Å². The number of para-hydroxylation sites is 1. The summed E-state index contributed by atoms with van der Waals surface area (Å²) in [5, 5.41) is 9.77. The van der Waals surface area contributed by atoms with Gasteiger partial charge < -0.3 is 24.7 Å². The van der Waals surface area contributed by atoms with Crippen molar-refractivity contribution in [2.75, 3.05) is 18.0 Å². The number of carboxylic acids is 1. The Kier molecular flexibility index (Phi) is 10.2. The number of nitrogens with zero attached hydrogens (tertiary/aromatic N) is 3. The highest BCUT2D eigenvalue weighted by Gasteiger charge is 2.35. The topological polar surface area (TPSA) is 124 Å². The van der Waals surface area contributed by atoms with E-state index in [0.29, 0.717) is 53.0 Å². The number of piperidine rings is 1. The molecule has 0 bridgehead atoms. The lowest BCUT2D eigenvalue weighted by Crippen LogP contribution is -2.38. The molecule has 1 saturated heterocycles. The predicted octanol–water partition coefficient (Wildman–Crippen LogP) is 7.18. The Morgan fingerprint density at radius 1 is 1.09 bits per heavy atom. The molecule has 2 aromatic carbocycles. The van der Waals surface area contributed by atoms with Crippen molar-refractivity contribution < 1.29 is 27.8 Å². The van der Waals surface area contributed by atoms with Crippen molar-refractivity contribution >= 4 is 56.8 Å². The molecule has 0 atom stereocenters. The molecule has 0 saturated carbocycles. The van der Waals surface area contributed by atoms with Gasteiger partial charge in [-0.3, -0.25) is 4.79 Å². The third kappa shape index (κ3) is 8.49. The van der Waals surface area contributed by atoms with E-state index in [4.69, 9.17) is 22.1 Å². The maximum Gasteiger partial charge on any atom is 0.419 e. The quantitative estimate of drug-likeness (QED) is 0.122. The van der Waals surface area contributed by atoms with Gasteiger partial charge in [-0.1, -0.05) is 47.8 Å². The molecule has 15 heteroatoms. The Morgan fingerprint density at radius 2 is 1.84 bits per heavy atom. The first-order valence-corrected chi connectivity index (χ1v) is 15.9. The van der Waals surface area contributed by atoms with E-state index in [1.54, 1.807) is 18.2 Å². The summed E-state index contributed by atoms with van der Waals surface area (Å²) in [7, 11) is 0. The summed E-state index contributed by atoms with van der Waals surface area (Å²) in [5.74, 6) is -0.449. The lowest BCUT2D eigenvalue weighted by atomic mass is 10.1. The number of carboxylic acid groups (broad SMARTS) is 1. The highest BCUT2D eigenvalue weighted by Crippen LogP contribution is 2.37. The van der Waals surface area contributed by atoms with Gasteiger partial charge >= 0.3 is 12.1 Å². The Labute approximate surface area is 268 Å². The largest absolute Gasteiger partial charge is 0.490 e. The molecule has 0 amide bonds. The molecule has 3 aromatic heterocycles. The number of pyridine rings is 1. The molecule has 0 unspecified atom stereocenters. The van der Waals surface area contributed by atoms with E-state index in [1.165, 1.54) is 47.4 Å². The van der Waals surface area contributed by atoms with Gasteiger partial charge in [0.1, 0.15) is 27.0 Å². The lowest BCUT2D eigenvalue weighted by molar-refractivity contribution is -0.139. The van der Waals surface area contributed by atoms with E-state index in [9.17, 15) is 22.8 Å². The minimum atomic E-state index is -4.49. The van der Waals surface area contributed by atoms with Crippen LogP contribution in [0.3, 0.4) is 0 Å². The van der Waals surface area contributed by atoms with Crippen molar-refractivity contribution in [3.63, 3.8) is 0 Å². The second-order valence-corrected chi connectivity index (χ2v) is 12.3. The summed E-state index contributed by atoms with van der Waals surface area (Å²) >= 11 is 7.32. The zero-order chi connectivity index (χ0) is 32.0. The molecule has 234 valence electrons. The van der Waals surface area contributed by atoms with Gasteiger partial charge in [-0.25, -0.2) is 9.78 Å². The summed E-state index contributed by atoms with van der Waals surface area (Å²) in [6, 6.07) is 17.3. The number of ether oxygens (including phenoxy) is 1. The van der Waals surface area contributed by atoms with Crippen LogP contribution in [-0.2, 0) is 11.9 Å². The number of benzene rings is 2. The highest BCUT2D eigenvalue weighted by molar-refractivity contribution is 7.98. The van der Waals surface area contributed by atoms with Crippen LogP contribution in [0.25, 0.3) is 10.3 Å². The predicted molar refractivity (Wildman–Crippen MR) is 170 cm³/mol. The maximum absolute atomic E-state index is 13.3. The Bertz CT molecular complexity index is 1880. The molecular formula is C30H26F3N5O4S3. The lowest BCUT2D eigenvalue weighted by Gasteiger charge is -2.32. The molecule has 1 aliphatic rings.